The van der Waals surface area contributed by atoms with Crippen molar-refractivity contribution < 1.29 is 0 Å². The van der Waals surface area contributed by atoms with E-state index in [0.717, 1.165) is 37.1 Å². The zero-order valence-electron chi connectivity index (χ0n) is 11.7. The molecule has 1 aromatic rings. The molecule has 1 N–H and O–H groups in total. The van der Waals surface area contributed by atoms with Crippen molar-refractivity contribution in [3.05, 3.63) is 34.3 Å². The van der Waals surface area contributed by atoms with E-state index in [2.05, 4.69) is 71.2 Å². The number of rotatable bonds is 8. The summed E-state index contributed by atoms with van der Waals surface area (Å²) in [7, 11) is 0. The second-order valence-corrected chi connectivity index (χ2v) is 5.40. The van der Waals surface area contributed by atoms with Crippen molar-refractivity contribution in [2.45, 2.75) is 33.2 Å². The van der Waals surface area contributed by atoms with Crippen molar-refractivity contribution in [1.29, 1.82) is 0 Å². The number of hydrogen-bond donors (Lipinski definition) is 1. The molecule has 0 bridgehead atoms. The SMILES string of the molecule is CCNC(CCN(CC)CC)c1cccc(Br)c1. The van der Waals surface area contributed by atoms with Crippen LogP contribution in [0, 0.1) is 0 Å². The molecule has 2 nitrogen and oxygen atoms in total. The highest BCUT2D eigenvalue weighted by Gasteiger charge is 2.11. The van der Waals surface area contributed by atoms with Crippen LogP contribution in [0.2, 0.25) is 0 Å². The number of hydrogen-bond acceptors (Lipinski definition) is 2. The molecule has 0 amide bonds. The van der Waals surface area contributed by atoms with Crippen LogP contribution in [0.1, 0.15) is 38.8 Å². The van der Waals surface area contributed by atoms with Crippen molar-refractivity contribution in [1.82, 2.24) is 10.2 Å². The summed E-state index contributed by atoms with van der Waals surface area (Å²) >= 11 is 3.55. The van der Waals surface area contributed by atoms with Crippen LogP contribution in [0.15, 0.2) is 28.7 Å². The molecule has 0 spiro atoms. The normalized spacial score (nSPS) is 12.9. The van der Waals surface area contributed by atoms with E-state index in [1.807, 2.05) is 0 Å². The summed E-state index contributed by atoms with van der Waals surface area (Å²) in [4.78, 5) is 2.47. The Morgan fingerprint density at radius 3 is 2.50 bits per heavy atom. The Morgan fingerprint density at radius 1 is 1.22 bits per heavy atom. The first-order valence-electron chi connectivity index (χ1n) is 6.92. The highest BCUT2D eigenvalue weighted by atomic mass is 79.9. The van der Waals surface area contributed by atoms with Gasteiger partial charge >= 0.3 is 0 Å². The average molecular weight is 313 g/mol. The molecule has 0 aliphatic carbocycles. The molecule has 1 rings (SSSR count). The molecule has 0 saturated heterocycles. The van der Waals surface area contributed by atoms with E-state index in [9.17, 15) is 0 Å². The Labute approximate surface area is 120 Å². The van der Waals surface area contributed by atoms with Gasteiger partial charge in [-0.2, -0.15) is 0 Å². The molecule has 102 valence electrons. The Kier molecular flexibility index (Phi) is 7.56. The summed E-state index contributed by atoms with van der Waals surface area (Å²) in [5.74, 6) is 0. The van der Waals surface area contributed by atoms with Gasteiger partial charge in [0.2, 0.25) is 0 Å². The molecule has 0 heterocycles. The molecule has 0 aliphatic rings. The van der Waals surface area contributed by atoms with Gasteiger partial charge in [-0.05, 0) is 50.3 Å². The minimum Gasteiger partial charge on any atom is -0.310 e. The van der Waals surface area contributed by atoms with Crippen LogP contribution >= 0.6 is 15.9 Å². The van der Waals surface area contributed by atoms with Gasteiger partial charge in [0.15, 0.2) is 0 Å². The Bertz CT molecular complexity index is 337. The van der Waals surface area contributed by atoms with E-state index in [1.54, 1.807) is 0 Å². The first-order valence-corrected chi connectivity index (χ1v) is 7.71. The van der Waals surface area contributed by atoms with Crippen molar-refractivity contribution in [2.24, 2.45) is 0 Å². The standard InChI is InChI=1S/C15H25BrN2/c1-4-17-15(10-11-18(5-2)6-3)13-8-7-9-14(16)12-13/h7-9,12,15,17H,4-6,10-11H2,1-3H3. The molecule has 0 aliphatic heterocycles. The lowest BCUT2D eigenvalue weighted by Gasteiger charge is -2.23. The third-order valence-electron chi connectivity index (χ3n) is 3.33. The molecule has 0 aromatic heterocycles. The van der Waals surface area contributed by atoms with Gasteiger partial charge in [-0.15, -0.1) is 0 Å². The van der Waals surface area contributed by atoms with Gasteiger partial charge in [-0.3, -0.25) is 0 Å². The lowest BCUT2D eigenvalue weighted by atomic mass is 10.0. The van der Waals surface area contributed by atoms with E-state index in [4.69, 9.17) is 0 Å². The monoisotopic (exact) mass is 312 g/mol. The van der Waals surface area contributed by atoms with Crippen LogP contribution < -0.4 is 5.32 Å². The van der Waals surface area contributed by atoms with E-state index in [-0.39, 0.29) is 0 Å². The minimum absolute atomic E-state index is 0.452. The largest absolute Gasteiger partial charge is 0.310 e. The molecule has 18 heavy (non-hydrogen) atoms. The van der Waals surface area contributed by atoms with Crippen molar-refractivity contribution in [3.8, 4) is 0 Å². The maximum Gasteiger partial charge on any atom is 0.0332 e. The highest BCUT2D eigenvalue weighted by Crippen LogP contribution is 2.21. The predicted octanol–water partition coefficient (Wildman–Crippen LogP) is 3.83. The number of nitrogens with zero attached hydrogens (tertiary/aromatic N) is 1. The van der Waals surface area contributed by atoms with Gasteiger partial charge in [0.05, 0.1) is 0 Å². The predicted molar refractivity (Wildman–Crippen MR) is 83.0 cm³/mol. The summed E-state index contributed by atoms with van der Waals surface area (Å²) in [6.07, 6.45) is 1.16. The molecular weight excluding hydrogens is 288 g/mol. The first kappa shape index (κ1) is 15.7. The molecule has 0 radical (unpaired) electrons. The average Bonchev–Trinajstić information content (AvgIpc) is 2.38. The number of nitrogens with one attached hydrogen (secondary N) is 1. The lowest BCUT2D eigenvalue weighted by molar-refractivity contribution is 0.282. The Hall–Kier alpha value is -0.380. The maximum atomic E-state index is 3.58. The van der Waals surface area contributed by atoms with Crippen LogP contribution in [-0.4, -0.2) is 31.1 Å². The molecule has 1 aromatic carbocycles. The van der Waals surface area contributed by atoms with E-state index in [1.165, 1.54) is 5.56 Å². The third-order valence-corrected chi connectivity index (χ3v) is 3.82. The van der Waals surface area contributed by atoms with Crippen LogP contribution in [0.3, 0.4) is 0 Å². The summed E-state index contributed by atoms with van der Waals surface area (Å²) in [6.45, 7) is 11.0. The van der Waals surface area contributed by atoms with Gasteiger partial charge in [0.25, 0.3) is 0 Å². The van der Waals surface area contributed by atoms with Crippen molar-refractivity contribution in [3.63, 3.8) is 0 Å². The highest BCUT2D eigenvalue weighted by molar-refractivity contribution is 9.10. The van der Waals surface area contributed by atoms with Crippen LogP contribution in [0.4, 0.5) is 0 Å². The van der Waals surface area contributed by atoms with Gasteiger partial charge < -0.3 is 10.2 Å². The molecule has 1 atom stereocenters. The smallest absolute Gasteiger partial charge is 0.0332 e. The Balaban J connectivity index is 2.64. The summed E-state index contributed by atoms with van der Waals surface area (Å²) in [5, 5.41) is 3.58. The quantitative estimate of drug-likeness (QED) is 0.784. The van der Waals surface area contributed by atoms with Crippen molar-refractivity contribution in [2.75, 3.05) is 26.2 Å². The second kappa shape index (κ2) is 8.68. The van der Waals surface area contributed by atoms with Gasteiger partial charge in [0, 0.05) is 10.5 Å². The van der Waals surface area contributed by atoms with E-state index < -0.39 is 0 Å². The number of benzene rings is 1. The van der Waals surface area contributed by atoms with E-state index in [0.29, 0.717) is 6.04 Å². The third kappa shape index (κ3) is 5.09. The molecule has 3 heteroatoms. The zero-order chi connectivity index (χ0) is 13.4. The topological polar surface area (TPSA) is 15.3 Å². The number of halogens is 1. The fourth-order valence-electron chi connectivity index (χ4n) is 2.21. The first-order chi connectivity index (χ1) is 8.71. The minimum atomic E-state index is 0.452. The van der Waals surface area contributed by atoms with Crippen LogP contribution in [0.25, 0.3) is 0 Å². The summed E-state index contributed by atoms with van der Waals surface area (Å²) in [5.41, 5.74) is 1.37. The zero-order valence-corrected chi connectivity index (χ0v) is 13.3. The summed E-state index contributed by atoms with van der Waals surface area (Å²) < 4.78 is 1.16. The Morgan fingerprint density at radius 2 is 1.94 bits per heavy atom. The van der Waals surface area contributed by atoms with Crippen LogP contribution in [-0.2, 0) is 0 Å². The van der Waals surface area contributed by atoms with Gasteiger partial charge in [-0.1, -0.05) is 48.8 Å². The second-order valence-electron chi connectivity index (χ2n) is 4.48. The fraction of sp³-hybridized carbons (Fsp3) is 0.600. The lowest BCUT2D eigenvalue weighted by Crippen LogP contribution is -2.29. The fourth-order valence-corrected chi connectivity index (χ4v) is 2.62. The molecule has 0 fully saturated rings. The van der Waals surface area contributed by atoms with Crippen molar-refractivity contribution >= 4 is 15.9 Å². The maximum absolute atomic E-state index is 3.58. The summed E-state index contributed by atoms with van der Waals surface area (Å²) in [6, 6.07) is 9.07. The van der Waals surface area contributed by atoms with Crippen LogP contribution in [0.5, 0.6) is 0 Å². The van der Waals surface area contributed by atoms with E-state index >= 15 is 0 Å². The molecular formula is C15H25BrN2. The van der Waals surface area contributed by atoms with Gasteiger partial charge in [0.1, 0.15) is 0 Å². The molecule has 0 saturated carbocycles. The van der Waals surface area contributed by atoms with Gasteiger partial charge in [-0.25, -0.2) is 0 Å². The molecule has 1 unspecified atom stereocenters.